The van der Waals surface area contributed by atoms with E-state index in [2.05, 4.69) is 16.9 Å². The van der Waals surface area contributed by atoms with E-state index >= 15 is 0 Å². The fourth-order valence-corrected chi connectivity index (χ4v) is 1.10. The van der Waals surface area contributed by atoms with E-state index in [0.29, 0.717) is 5.69 Å². The smallest absolute Gasteiger partial charge is 0.412 e. The molecule has 1 N–H and O–H groups in total. The highest BCUT2D eigenvalue weighted by molar-refractivity contribution is 5.87. The van der Waals surface area contributed by atoms with Crippen molar-refractivity contribution < 1.29 is 9.53 Å². The Balaban J connectivity index is 2.73. The van der Waals surface area contributed by atoms with Crippen LogP contribution in [-0.4, -0.2) is 16.7 Å². The lowest BCUT2D eigenvalue weighted by atomic mass is 10.2. The van der Waals surface area contributed by atoms with Gasteiger partial charge in [0.05, 0.1) is 5.69 Å². The third-order valence-electron chi connectivity index (χ3n) is 1.71. The van der Waals surface area contributed by atoms with Gasteiger partial charge in [0.1, 0.15) is 5.60 Å². The summed E-state index contributed by atoms with van der Waals surface area (Å²) in [6.45, 7) is 9.08. The highest BCUT2D eigenvalue weighted by atomic mass is 16.6. The van der Waals surface area contributed by atoms with Gasteiger partial charge in [0, 0.05) is 18.0 Å². The number of carbonyl (C=O) groups is 1. The maximum Gasteiger partial charge on any atom is 0.412 e. The van der Waals surface area contributed by atoms with Crippen LogP contribution in [0.2, 0.25) is 0 Å². The molecule has 86 valence electrons. The van der Waals surface area contributed by atoms with Crippen molar-refractivity contribution in [3.8, 4) is 0 Å². The van der Waals surface area contributed by atoms with Crippen LogP contribution in [0.4, 0.5) is 10.5 Å². The summed E-state index contributed by atoms with van der Waals surface area (Å²) in [5.41, 5.74) is 0.887. The van der Waals surface area contributed by atoms with Crippen molar-refractivity contribution in [1.82, 2.24) is 4.98 Å². The maximum absolute atomic E-state index is 11.5. The Morgan fingerprint density at radius 2 is 2.25 bits per heavy atom. The lowest BCUT2D eigenvalue weighted by molar-refractivity contribution is 0.0636. The molecular formula is C12H16N2O2. The number of carbonyl (C=O) groups excluding carboxylic acids is 1. The normalized spacial score (nSPS) is 10.7. The minimum atomic E-state index is -0.508. The van der Waals surface area contributed by atoms with Gasteiger partial charge in [-0.3, -0.25) is 10.3 Å². The van der Waals surface area contributed by atoms with Crippen LogP contribution in [0.3, 0.4) is 0 Å². The summed E-state index contributed by atoms with van der Waals surface area (Å²) in [7, 11) is 0. The van der Waals surface area contributed by atoms with Crippen molar-refractivity contribution in [2.75, 3.05) is 5.32 Å². The van der Waals surface area contributed by atoms with Crippen LogP contribution in [0.15, 0.2) is 25.0 Å². The van der Waals surface area contributed by atoms with Gasteiger partial charge in [-0.15, -0.1) is 0 Å². The second-order valence-electron chi connectivity index (χ2n) is 4.29. The average Bonchev–Trinajstić information content (AvgIpc) is 2.15. The van der Waals surface area contributed by atoms with E-state index in [1.54, 1.807) is 24.5 Å². The zero-order chi connectivity index (χ0) is 12.2. The van der Waals surface area contributed by atoms with E-state index in [9.17, 15) is 4.79 Å². The number of pyridine rings is 1. The van der Waals surface area contributed by atoms with Gasteiger partial charge in [0.15, 0.2) is 0 Å². The third-order valence-corrected chi connectivity index (χ3v) is 1.71. The Morgan fingerprint density at radius 3 is 2.81 bits per heavy atom. The molecule has 1 aromatic heterocycles. The van der Waals surface area contributed by atoms with Crippen LogP contribution in [-0.2, 0) is 4.74 Å². The maximum atomic E-state index is 11.5. The zero-order valence-electron chi connectivity index (χ0n) is 9.78. The van der Waals surface area contributed by atoms with Crippen molar-refractivity contribution in [3.63, 3.8) is 0 Å². The fourth-order valence-electron chi connectivity index (χ4n) is 1.10. The second kappa shape index (κ2) is 4.79. The first-order chi connectivity index (χ1) is 7.42. The number of nitrogens with zero attached hydrogens (tertiary/aromatic N) is 1. The average molecular weight is 220 g/mol. The first-order valence-electron chi connectivity index (χ1n) is 4.99. The molecule has 0 aliphatic rings. The highest BCUT2D eigenvalue weighted by Crippen LogP contribution is 2.16. The molecular weight excluding hydrogens is 204 g/mol. The molecule has 1 amide bonds. The van der Waals surface area contributed by atoms with Gasteiger partial charge >= 0.3 is 6.09 Å². The molecule has 0 saturated heterocycles. The molecule has 1 heterocycles. The number of hydrogen-bond acceptors (Lipinski definition) is 3. The summed E-state index contributed by atoms with van der Waals surface area (Å²) >= 11 is 0. The van der Waals surface area contributed by atoms with Gasteiger partial charge in [-0.05, 0) is 26.8 Å². The van der Waals surface area contributed by atoms with E-state index < -0.39 is 11.7 Å². The first-order valence-corrected chi connectivity index (χ1v) is 4.99. The minimum Gasteiger partial charge on any atom is -0.444 e. The van der Waals surface area contributed by atoms with E-state index in [1.165, 1.54) is 0 Å². The van der Waals surface area contributed by atoms with Crippen LogP contribution in [0.1, 0.15) is 26.3 Å². The Kier molecular flexibility index (Phi) is 3.66. The molecule has 0 radical (unpaired) electrons. The molecule has 0 aromatic carbocycles. The lowest BCUT2D eigenvalue weighted by Crippen LogP contribution is -2.27. The number of rotatable bonds is 2. The molecule has 0 atom stereocenters. The molecule has 0 unspecified atom stereocenters. The van der Waals surface area contributed by atoms with Gasteiger partial charge < -0.3 is 4.74 Å². The summed E-state index contributed by atoms with van der Waals surface area (Å²) in [6.07, 6.45) is 4.36. The van der Waals surface area contributed by atoms with Crippen molar-refractivity contribution >= 4 is 17.9 Å². The van der Waals surface area contributed by atoms with Crippen LogP contribution in [0.25, 0.3) is 6.08 Å². The second-order valence-corrected chi connectivity index (χ2v) is 4.29. The van der Waals surface area contributed by atoms with Gasteiger partial charge in [0.25, 0.3) is 0 Å². The molecule has 4 heteroatoms. The van der Waals surface area contributed by atoms with Gasteiger partial charge in [-0.25, -0.2) is 4.79 Å². The Hall–Kier alpha value is -1.84. The summed E-state index contributed by atoms with van der Waals surface area (Å²) < 4.78 is 5.14. The lowest BCUT2D eigenvalue weighted by Gasteiger charge is -2.20. The van der Waals surface area contributed by atoms with Crippen LogP contribution >= 0.6 is 0 Å². The monoisotopic (exact) mass is 220 g/mol. The van der Waals surface area contributed by atoms with Crippen LogP contribution in [0.5, 0.6) is 0 Å². The van der Waals surface area contributed by atoms with E-state index in [0.717, 1.165) is 5.56 Å². The molecule has 4 nitrogen and oxygen atoms in total. The molecule has 16 heavy (non-hydrogen) atoms. The highest BCUT2D eigenvalue weighted by Gasteiger charge is 2.16. The topological polar surface area (TPSA) is 51.2 Å². The van der Waals surface area contributed by atoms with Crippen molar-refractivity contribution in [2.45, 2.75) is 26.4 Å². The van der Waals surface area contributed by atoms with Gasteiger partial charge in [0.2, 0.25) is 0 Å². The Morgan fingerprint density at radius 1 is 1.56 bits per heavy atom. The largest absolute Gasteiger partial charge is 0.444 e. The van der Waals surface area contributed by atoms with Gasteiger partial charge in [-0.2, -0.15) is 0 Å². The van der Waals surface area contributed by atoms with Crippen molar-refractivity contribution in [1.29, 1.82) is 0 Å². The predicted octanol–water partition coefficient (Wildman–Crippen LogP) is 3.07. The number of nitrogens with one attached hydrogen (secondary N) is 1. The summed E-state index contributed by atoms with van der Waals surface area (Å²) in [5.74, 6) is 0. The van der Waals surface area contributed by atoms with Crippen LogP contribution in [0, 0.1) is 0 Å². The Bertz CT molecular complexity index is 394. The molecule has 0 aliphatic carbocycles. The summed E-state index contributed by atoms with van der Waals surface area (Å²) in [4.78, 5) is 15.4. The quantitative estimate of drug-likeness (QED) is 0.833. The van der Waals surface area contributed by atoms with Crippen molar-refractivity contribution in [3.05, 3.63) is 30.6 Å². The molecule has 1 rings (SSSR count). The zero-order valence-corrected chi connectivity index (χ0v) is 9.78. The van der Waals surface area contributed by atoms with Crippen LogP contribution < -0.4 is 5.32 Å². The number of aromatic nitrogens is 1. The third kappa shape index (κ3) is 3.73. The molecule has 0 saturated carbocycles. The first kappa shape index (κ1) is 12.2. The molecule has 0 spiro atoms. The number of ether oxygens (including phenoxy) is 1. The van der Waals surface area contributed by atoms with Gasteiger partial charge in [-0.1, -0.05) is 12.7 Å². The summed E-state index contributed by atoms with van der Waals surface area (Å²) in [6, 6.07) is 1.70. The van der Waals surface area contributed by atoms with E-state index in [1.807, 2.05) is 20.8 Å². The number of hydrogen-bond donors (Lipinski definition) is 1. The van der Waals surface area contributed by atoms with E-state index in [-0.39, 0.29) is 0 Å². The SMILES string of the molecule is C=Cc1cnccc1NC(=O)OC(C)(C)C. The Labute approximate surface area is 95.3 Å². The summed E-state index contributed by atoms with van der Waals surface area (Å²) in [5, 5.41) is 2.65. The fraction of sp³-hybridized carbons (Fsp3) is 0.333. The molecule has 1 aromatic rings. The minimum absolute atomic E-state index is 0.484. The molecule has 0 aliphatic heterocycles. The predicted molar refractivity (Wildman–Crippen MR) is 64.2 cm³/mol. The number of amides is 1. The molecule has 0 fully saturated rings. The number of anilines is 1. The molecule has 0 bridgehead atoms. The van der Waals surface area contributed by atoms with Crippen molar-refractivity contribution in [2.24, 2.45) is 0 Å². The van der Waals surface area contributed by atoms with E-state index in [4.69, 9.17) is 4.74 Å². The standard InChI is InChI=1S/C12H16N2O2/c1-5-9-8-13-7-6-10(9)14-11(15)16-12(2,3)4/h5-8H,1H2,2-4H3,(H,13,14,15).